The van der Waals surface area contributed by atoms with E-state index in [-0.39, 0.29) is 30.7 Å². The third kappa shape index (κ3) is 6.77. The number of halogens is 2. The number of carbonyl (C=O) groups excluding carboxylic acids is 3. The lowest BCUT2D eigenvalue weighted by molar-refractivity contribution is -0.126. The summed E-state index contributed by atoms with van der Waals surface area (Å²) in [5.74, 6) is -0.491. The first-order chi connectivity index (χ1) is 17.4. The molecule has 1 atom stereocenters. The van der Waals surface area contributed by atoms with Crippen molar-refractivity contribution in [1.82, 2.24) is 5.32 Å². The smallest absolute Gasteiger partial charge is 0.262 e. The van der Waals surface area contributed by atoms with Crippen LogP contribution in [-0.2, 0) is 20.8 Å². The molecule has 0 aliphatic carbocycles. The maximum absolute atomic E-state index is 12.6. The molecule has 0 saturated carbocycles. The van der Waals surface area contributed by atoms with Crippen molar-refractivity contribution in [2.24, 2.45) is 5.92 Å². The van der Waals surface area contributed by atoms with Crippen LogP contribution in [0.4, 0.5) is 11.4 Å². The molecule has 1 aliphatic heterocycles. The Hall–Kier alpha value is -3.55. The van der Waals surface area contributed by atoms with Crippen LogP contribution in [0.15, 0.2) is 72.8 Å². The summed E-state index contributed by atoms with van der Waals surface area (Å²) in [7, 11) is 0. The zero-order chi connectivity index (χ0) is 25.5. The average Bonchev–Trinajstić information content (AvgIpc) is 3.27. The fourth-order valence-corrected chi connectivity index (χ4v) is 4.19. The van der Waals surface area contributed by atoms with Crippen LogP contribution in [0.25, 0.3) is 0 Å². The topological polar surface area (TPSA) is 87.7 Å². The summed E-state index contributed by atoms with van der Waals surface area (Å²) in [5, 5.41) is 6.36. The molecular formula is C27H25Cl2N3O4. The minimum Gasteiger partial charge on any atom is -0.484 e. The SMILES string of the molecule is O=C(COc1ccc(N2C[C@@H](C(=O)NCCc3ccccc3)CC2=O)cc1)Nc1ccc(Cl)c(Cl)c1. The molecule has 0 unspecified atom stereocenters. The highest BCUT2D eigenvalue weighted by atomic mass is 35.5. The van der Waals surface area contributed by atoms with Gasteiger partial charge in [-0.25, -0.2) is 0 Å². The van der Waals surface area contributed by atoms with Crippen molar-refractivity contribution in [1.29, 1.82) is 0 Å². The number of carbonyl (C=O) groups is 3. The molecule has 3 aromatic rings. The molecule has 4 rings (SSSR count). The number of nitrogens with one attached hydrogen (secondary N) is 2. The summed E-state index contributed by atoms with van der Waals surface area (Å²) in [6.07, 6.45) is 0.911. The van der Waals surface area contributed by atoms with Crippen molar-refractivity contribution in [2.75, 3.05) is 29.9 Å². The molecule has 0 spiro atoms. The van der Waals surface area contributed by atoms with Crippen molar-refractivity contribution < 1.29 is 19.1 Å². The van der Waals surface area contributed by atoms with Gasteiger partial charge in [0, 0.05) is 30.9 Å². The molecule has 2 N–H and O–H groups in total. The largest absolute Gasteiger partial charge is 0.484 e. The quantitative estimate of drug-likeness (QED) is 0.423. The van der Waals surface area contributed by atoms with E-state index in [4.69, 9.17) is 27.9 Å². The van der Waals surface area contributed by atoms with Gasteiger partial charge >= 0.3 is 0 Å². The van der Waals surface area contributed by atoms with E-state index < -0.39 is 5.92 Å². The van der Waals surface area contributed by atoms with Gasteiger partial charge in [-0.1, -0.05) is 53.5 Å². The van der Waals surface area contributed by atoms with Gasteiger partial charge in [-0.3, -0.25) is 14.4 Å². The first kappa shape index (κ1) is 25.5. The Kier molecular flexibility index (Phi) is 8.46. The lowest BCUT2D eigenvalue weighted by atomic mass is 10.1. The number of ether oxygens (including phenoxy) is 1. The molecular weight excluding hydrogens is 501 g/mol. The minimum atomic E-state index is -0.394. The molecule has 9 heteroatoms. The Balaban J connectivity index is 1.24. The molecule has 7 nitrogen and oxygen atoms in total. The van der Waals surface area contributed by atoms with Crippen LogP contribution in [0.1, 0.15) is 12.0 Å². The summed E-state index contributed by atoms with van der Waals surface area (Å²) in [6.45, 7) is 0.647. The van der Waals surface area contributed by atoms with Crippen LogP contribution in [0.2, 0.25) is 10.0 Å². The maximum atomic E-state index is 12.6. The standard InChI is InChI=1S/C27H25Cl2N3O4/c28-23-11-6-20(15-24(23)29)31-25(33)17-36-22-9-7-21(8-10-22)32-16-19(14-26(32)34)27(35)30-13-12-18-4-2-1-3-5-18/h1-11,15,19H,12-14,16-17H2,(H,30,35)(H,31,33)/t19-/m0/s1. The van der Waals surface area contributed by atoms with Gasteiger partial charge in [-0.05, 0) is 54.4 Å². The first-order valence-electron chi connectivity index (χ1n) is 11.5. The van der Waals surface area contributed by atoms with E-state index in [9.17, 15) is 14.4 Å². The number of nitrogens with zero attached hydrogens (tertiary/aromatic N) is 1. The van der Waals surface area contributed by atoms with Crippen LogP contribution in [0.3, 0.4) is 0 Å². The van der Waals surface area contributed by atoms with Crippen LogP contribution >= 0.6 is 23.2 Å². The monoisotopic (exact) mass is 525 g/mol. The average molecular weight is 526 g/mol. The molecule has 1 fully saturated rings. The number of hydrogen-bond acceptors (Lipinski definition) is 4. The van der Waals surface area contributed by atoms with E-state index in [0.29, 0.717) is 40.3 Å². The minimum absolute atomic E-state index is 0.104. The Bertz CT molecular complexity index is 1240. The molecule has 36 heavy (non-hydrogen) atoms. The van der Waals surface area contributed by atoms with E-state index >= 15 is 0 Å². The number of rotatable bonds is 9. The van der Waals surface area contributed by atoms with Crippen molar-refractivity contribution in [2.45, 2.75) is 12.8 Å². The van der Waals surface area contributed by atoms with Crippen LogP contribution in [0.5, 0.6) is 5.75 Å². The summed E-state index contributed by atoms with van der Waals surface area (Å²) >= 11 is 11.8. The van der Waals surface area contributed by atoms with Gasteiger partial charge in [-0.2, -0.15) is 0 Å². The molecule has 3 amide bonds. The molecule has 1 heterocycles. The van der Waals surface area contributed by atoms with Crippen LogP contribution in [-0.4, -0.2) is 37.4 Å². The van der Waals surface area contributed by atoms with Gasteiger partial charge < -0.3 is 20.3 Å². The Labute approximate surface area is 219 Å². The second kappa shape index (κ2) is 11.9. The fourth-order valence-electron chi connectivity index (χ4n) is 3.89. The van der Waals surface area contributed by atoms with Crippen LogP contribution < -0.4 is 20.3 Å². The summed E-state index contributed by atoms with van der Waals surface area (Å²) in [4.78, 5) is 38.9. The third-order valence-electron chi connectivity index (χ3n) is 5.77. The highest BCUT2D eigenvalue weighted by molar-refractivity contribution is 6.42. The summed E-state index contributed by atoms with van der Waals surface area (Å²) < 4.78 is 5.54. The zero-order valence-corrected chi connectivity index (χ0v) is 20.9. The van der Waals surface area contributed by atoms with Crippen LogP contribution in [0, 0.1) is 5.92 Å². The van der Waals surface area contributed by atoms with E-state index in [1.165, 1.54) is 0 Å². The van der Waals surface area contributed by atoms with Gasteiger partial charge in [0.2, 0.25) is 11.8 Å². The lowest BCUT2D eigenvalue weighted by Gasteiger charge is -2.17. The van der Waals surface area contributed by atoms with E-state index in [1.54, 1.807) is 47.4 Å². The number of benzene rings is 3. The van der Waals surface area contributed by atoms with Crippen molar-refractivity contribution in [3.8, 4) is 5.75 Å². The van der Waals surface area contributed by atoms with Gasteiger partial charge in [0.1, 0.15) is 5.75 Å². The second-order valence-electron chi connectivity index (χ2n) is 8.39. The Morgan fingerprint density at radius 2 is 1.72 bits per heavy atom. The summed E-state index contributed by atoms with van der Waals surface area (Å²) in [5.41, 5.74) is 2.34. The van der Waals surface area contributed by atoms with Gasteiger partial charge in [-0.15, -0.1) is 0 Å². The first-order valence-corrected chi connectivity index (χ1v) is 12.2. The van der Waals surface area contributed by atoms with E-state index in [0.717, 1.165) is 12.0 Å². The van der Waals surface area contributed by atoms with Crippen molar-refractivity contribution in [3.05, 3.63) is 88.4 Å². The zero-order valence-electron chi connectivity index (χ0n) is 19.4. The number of hydrogen-bond donors (Lipinski definition) is 2. The molecule has 0 bridgehead atoms. The van der Waals surface area contributed by atoms with E-state index in [2.05, 4.69) is 10.6 Å². The highest BCUT2D eigenvalue weighted by Gasteiger charge is 2.34. The molecule has 1 saturated heterocycles. The molecule has 3 aromatic carbocycles. The van der Waals surface area contributed by atoms with E-state index in [1.807, 2.05) is 30.3 Å². The summed E-state index contributed by atoms with van der Waals surface area (Å²) in [6, 6.07) is 21.6. The molecule has 0 aromatic heterocycles. The highest BCUT2D eigenvalue weighted by Crippen LogP contribution is 2.27. The molecule has 186 valence electrons. The van der Waals surface area contributed by atoms with Crippen molar-refractivity contribution in [3.63, 3.8) is 0 Å². The third-order valence-corrected chi connectivity index (χ3v) is 6.51. The predicted molar refractivity (Wildman–Crippen MR) is 141 cm³/mol. The van der Waals surface area contributed by atoms with Gasteiger partial charge in [0.25, 0.3) is 5.91 Å². The lowest BCUT2D eigenvalue weighted by Crippen LogP contribution is -2.34. The predicted octanol–water partition coefficient (Wildman–Crippen LogP) is 4.72. The van der Waals surface area contributed by atoms with Gasteiger partial charge in [0.15, 0.2) is 6.61 Å². The second-order valence-corrected chi connectivity index (χ2v) is 9.21. The number of amides is 3. The molecule has 1 aliphatic rings. The number of anilines is 2. The van der Waals surface area contributed by atoms with Crippen molar-refractivity contribution >= 4 is 52.3 Å². The maximum Gasteiger partial charge on any atom is 0.262 e. The Morgan fingerprint density at radius 3 is 2.44 bits per heavy atom. The Morgan fingerprint density at radius 1 is 0.972 bits per heavy atom. The fraction of sp³-hybridized carbons (Fsp3) is 0.222. The van der Waals surface area contributed by atoms with Gasteiger partial charge in [0.05, 0.1) is 16.0 Å². The normalized spacial score (nSPS) is 15.0. The molecule has 0 radical (unpaired) electrons.